The van der Waals surface area contributed by atoms with Gasteiger partial charge in [0.25, 0.3) is 0 Å². The van der Waals surface area contributed by atoms with Crippen molar-refractivity contribution in [1.82, 2.24) is 5.32 Å². The summed E-state index contributed by atoms with van der Waals surface area (Å²) in [6.45, 7) is 3.28. The molecule has 1 aliphatic rings. The fraction of sp³-hybridized carbons (Fsp3) is 1.00. The van der Waals surface area contributed by atoms with Crippen molar-refractivity contribution in [2.24, 2.45) is 5.92 Å². The molecule has 3 heteroatoms. The molecular formula is C11H23NO2. The zero-order valence-electron chi connectivity index (χ0n) is 9.33. The minimum atomic E-state index is -0.371. The van der Waals surface area contributed by atoms with Gasteiger partial charge in [-0.2, -0.15) is 0 Å². The molecular weight excluding hydrogens is 178 g/mol. The molecule has 0 aromatic heterocycles. The number of nitrogens with one attached hydrogen (secondary N) is 1. The van der Waals surface area contributed by atoms with Gasteiger partial charge in [-0.1, -0.05) is 12.8 Å². The molecule has 0 bridgehead atoms. The van der Waals surface area contributed by atoms with Crippen LogP contribution in [0, 0.1) is 5.92 Å². The second-order valence-corrected chi connectivity index (χ2v) is 4.35. The Morgan fingerprint density at radius 2 is 2.07 bits per heavy atom. The molecule has 2 N–H and O–H groups in total. The Morgan fingerprint density at radius 1 is 1.43 bits per heavy atom. The van der Waals surface area contributed by atoms with Crippen molar-refractivity contribution < 1.29 is 9.84 Å². The Bertz CT molecular complexity index is 146. The molecule has 0 saturated heterocycles. The van der Waals surface area contributed by atoms with Gasteiger partial charge in [-0.3, -0.25) is 0 Å². The number of hydrogen-bond donors (Lipinski definition) is 2. The predicted octanol–water partition coefficient (Wildman–Crippen LogP) is 1.16. The summed E-state index contributed by atoms with van der Waals surface area (Å²) >= 11 is 0. The number of ether oxygens (including phenoxy) is 1. The molecule has 0 aliphatic heterocycles. The van der Waals surface area contributed by atoms with Gasteiger partial charge in [0, 0.05) is 19.7 Å². The smallest absolute Gasteiger partial charge is 0.0897 e. The van der Waals surface area contributed by atoms with Crippen LogP contribution in [0.1, 0.15) is 32.6 Å². The van der Waals surface area contributed by atoms with Crippen LogP contribution >= 0.6 is 0 Å². The third kappa shape index (κ3) is 3.95. The van der Waals surface area contributed by atoms with E-state index in [2.05, 4.69) is 12.2 Å². The van der Waals surface area contributed by atoms with Crippen molar-refractivity contribution in [1.29, 1.82) is 0 Å². The molecule has 14 heavy (non-hydrogen) atoms. The standard InChI is InChI=1S/C11H23NO2/c1-9(10-5-3-4-6-10)12-7-11(13)8-14-2/h9-13H,3-8H2,1-2H3/t9-,11?/m1/s1. The molecule has 0 radical (unpaired) electrons. The van der Waals surface area contributed by atoms with Crippen LogP contribution in [0.4, 0.5) is 0 Å². The molecule has 0 aromatic rings. The van der Waals surface area contributed by atoms with Crippen LogP contribution in [0.25, 0.3) is 0 Å². The number of aliphatic hydroxyl groups is 1. The van der Waals surface area contributed by atoms with Gasteiger partial charge in [-0.25, -0.2) is 0 Å². The SMILES string of the molecule is COCC(O)CN[C@H](C)C1CCCC1. The Hall–Kier alpha value is -0.120. The molecule has 1 saturated carbocycles. The maximum absolute atomic E-state index is 9.45. The average molecular weight is 201 g/mol. The fourth-order valence-corrected chi connectivity index (χ4v) is 2.20. The van der Waals surface area contributed by atoms with Gasteiger partial charge in [-0.15, -0.1) is 0 Å². The highest BCUT2D eigenvalue weighted by Crippen LogP contribution is 2.27. The number of hydrogen-bond acceptors (Lipinski definition) is 3. The summed E-state index contributed by atoms with van der Waals surface area (Å²) in [5, 5.41) is 12.8. The van der Waals surface area contributed by atoms with E-state index in [0.717, 1.165) is 5.92 Å². The second-order valence-electron chi connectivity index (χ2n) is 4.35. The number of aliphatic hydroxyl groups excluding tert-OH is 1. The van der Waals surface area contributed by atoms with Crippen LogP contribution in [0.2, 0.25) is 0 Å². The van der Waals surface area contributed by atoms with E-state index in [4.69, 9.17) is 4.74 Å². The first-order valence-corrected chi connectivity index (χ1v) is 5.64. The van der Waals surface area contributed by atoms with Crippen molar-refractivity contribution in [2.45, 2.75) is 44.8 Å². The van der Waals surface area contributed by atoms with E-state index < -0.39 is 0 Å². The minimum Gasteiger partial charge on any atom is -0.389 e. The highest BCUT2D eigenvalue weighted by Gasteiger charge is 2.21. The van der Waals surface area contributed by atoms with Crippen molar-refractivity contribution in [3.63, 3.8) is 0 Å². The van der Waals surface area contributed by atoms with Crippen LogP contribution in [0.15, 0.2) is 0 Å². The third-order valence-corrected chi connectivity index (χ3v) is 3.14. The molecule has 1 aliphatic carbocycles. The van der Waals surface area contributed by atoms with Crippen molar-refractivity contribution >= 4 is 0 Å². The Kier molecular flexibility index (Phi) is 5.45. The third-order valence-electron chi connectivity index (χ3n) is 3.14. The van der Waals surface area contributed by atoms with E-state index in [0.29, 0.717) is 19.2 Å². The zero-order valence-corrected chi connectivity index (χ0v) is 9.33. The predicted molar refractivity (Wildman–Crippen MR) is 57.3 cm³/mol. The number of rotatable bonds is 6. The Labute approximate surface area is 86.8 Å². The summed E-state index contributed by atoms with van der Waals surface area (Å²) in [6.07, 6.45) is 5.06. The first kappa shape index (κ1) is 12.0. The van der Waals surface area contributed by atoms with Gasteiger partial charge >= 0.3 is 0 Å². The monoisotopic (exact) mass is 201 g/mol. The second kappa shape index (κ2) is 6.38. The van der Waals surface area contributed by atoms with Gasteiger partial charge in [0.1, 0.15) is 0 Å². The molecule has 1 fully saturated rings. The van der Waals surface area contributed by atoms with E-state index >= 15 is 0 Å². The zero-order chi connectivity index (χ0) is 10.4. The average Bonchev–Trinajstić information content (AvgIpc) is 2.67. The van der Waals surface area contributed by atoms with Crippen molar-refractivity contribution in [3.8, 4) is 0 Å². The quantitative estimate of drug-likeness (QED) is 0.677. The lowest BCUT2D eigenvalue weighted by molar-refractivity contribution is 0.0617. The van der Waals surface area contributed by atoms with E-state index in [-0.39, 0.29) is 6.10 Å². The van der Waals surface area contributed by atoms with Crippen molar-refractivity contribution in [2.75, 3.05) is 20.3 Å². The molecule has 3 nitrogen and oxygen atoms in total. The Balaban J connectivity index is 2.10. The first-order valence-electron chi connectivity index (χ1n) is 5.64. The largest absolute Gasteiger partial charge is 0.389 e. The summed E-state index contributed by atoms with van der Waals surface area (Å²) in [5.74, 6) is 0.810. The van der Waals surface area contributed by atoms with Crippen LogP contribution in [-0.4, -0.2) is 37.5 Å². The van der Waals surface area contributed by atoms with Gasteiger partial charge in [0.2, 0.25) is 0 Å². The molecule has 0 spiro atoms. The van der Waals surface area contributed by atoms with E-state index in [1.54, 1.807) is 7.11 Å². The molecule has 84 valence electrons. The minimum absolute atomic E-state index is 0.371. The van der Waals surface area contributed by atoms with Gasteiger partial charge < -0.3 is 15.2 Å². The summed E-state index contributed by atoms with van der Waals surface area (Å²) < 4.78 is 4.87. The van der Waals surface area contributed by atoms with Crippen LogP contribution in [0.3, 0.4) is 0 Å². The van der Waals surface area contributed by atoms with Gasteiger partial charge in [0.15, 0.2) is 0 Å². The highest BCUT2D eigenvalue weighted by molar-refractivity contribution is 4.77. The maximum Gasteiger partial charge on any atom is 0.0897 e. The van der Waals surface area contributed by atoms with Gasteiger partial charge in [-0.05, 0) is 25.7 Å². The van der Waals surface area contributed by atoms with Crippen LogP contribution < -0.4 is 5.32 Å². The molecule has 0 heterocycles. The van der Waals surface area contributed by atoms with E-state index in [9.17, 15) is 5.11 Å². The highest BCUT2D eigenvalue weighted by atomic mass is 16.5. The summed E-state index contributed by atoms with van der Waals surface area (Å²) in [6, 6.07) is 0.531. The lowest BCUT2D eigenvalue weighted by Crippen LogP contribution is -2.39. The summed E-state index contributed by atoms with van der Waals surface area (Å²) in [7, 11) is 1.61. The molecule has 2 atom stereocenters. The maximum atomic E-state index is 9.45. The van der Waals surface area contributed by atoms with E-state index in [1.165, 1.54) is 25.7 Å². The van der Waals surface area contributed by atoms with Gasteiger partial charge in [0.05, 0.1) is 12.7 Å². The summed E-state index contributed by atoms with van der Waals surface area (Å²) in [5.41, 5.74) is 0. The molecule has 0 amide bonds. The van der Waals surface area contributed by atoms with Crippen molar-refractivity contribution in [3.05, 3.63) is 0 Å². The lowest BCUT2D eigenvalue weighted by Gasteiger charge is -2.21. The topological polar surface area (TPSA) is 41.5 Å². The van der Waals surface area contributed by atoms with Crippen LogP contribution in [-0.2, 0) is 4.74 Å². The first-order chi connectivity index (χ1) is 6.74. The molecule has 1 unspecified atom stereocenters. The summed E-state index contributed by atoms with van der Waals surface area (Å²) in [4.78, 5) is 0. The molecule has 1 rings (SSSR count). The fourth-order valence-electron chi connectivity index (χ4n) is 2.20. The molecule has 0 aromatic carbocycles. The normalized spacial score (nSPS) is 22.5. The van der Waals surface area contributed by atoms with Crippen LogP contribution in [0.5, 0.6) is 0 Å². The Morgan fingerprint density at radius 3 is 2.64 bits per heavy atom. The lowest BCUT2D eigenvalue weighted by atomic mass is 10.00. The van der Waals surface area contributed by atoms with E-state index in [1.807, 2.05) is 0 Å². The number of methoxy groups -OCH3 is 1.